The van der Waals surface area contributed by atoms with Crippen LogP contribution in [0.1, 0.15) is 61.4 Å². The Bertz CT molecular complexity index is 1160. The molecule has 1 aromatic heterocycles. The summed E-state index contributed by atoms with van der Waals surface area (Å²) in [4.78, 5) is 15.7. The topological polar surface area (TPSA) is 85.5 Å². The summed E-state index contributed by atoms with van der Waals surface area (Å²) in [5, 5.41) is 13.4. The standard InChI is InChI=1S/C27H28N2O4/c1-2-32-23-8-7-21(12-22(23)27-13-16-9-17(14-27)11-18(10-16)15-27)24-28-25(33-29-24)19-3-5-20(6-4-19)26(30)31/h3-8,12,16-18H,2,9-11,13-15H2,1H3,(H,30,31). The maximum Gasteiger partial charge on any atom is 0.335 e. The summed E-state index contributed by atoms with van der Waals surface area (Å²) in [5.41, 5.74) is 3.38. The van der Waals surface area contributed by atoms with Crippen molar-refractivity contribution >= 4 is 5.97 Å². The number of ether oxygens (including phenoxy) is 1. The summed E-state index contributed by atoms with van der Waals surface area (Å²) in [6.07, 6.45) is 7.98. The molecule has 0 atom stereocenters. The zero-order chi connectivity index (χ0) is 22.6. The number of nitrogens with zero attached hydrogens (tertiary/aromatic N) is 2. The van der Waals surface area contributed by atoms with Crippen LogP contribution in [-0.4, -0.2) is 27.8 Å². The molecule has 4 bridgehead atoms. The van der Waals surface area contributed by atoms with Crippen LogP contribution in [0.15, 0.2) is 47.0 Å². The molecule has 4 aliphatic carbocycles. The second-order valence-electron chi connectivity index (χ2n) is 10.1. The first-order chi connectivity index (χ1) is 16.0. The molecule has 4 fully saturated rings. The van der Waals surface area contributed by atoms with Gasteiger partial charge in [0.25, 0.3) is 5.89 Å². The summed E-state index contributed by atoms with van der Waals surface area (Å²) in [5.74, 6) is 3.50. The summed E-state index contributed by atoms with van der Waals surface area (Å²) in [6, 6.07) is 12.8. The number of rotatable bonds is 6. The largest absolute Gasteiger partial charge is 0.494 e. The van der Waals surface area contributed by atoms with Gasteiger partial charge in [0.1, 0.15) is 5.75 Å². The lowest BCUT2D eigenvalue weighted by Gasteiger charge is -2.57. The number of hydrogen-bond donors (Lipinski definition) is 1. The van der Waals surface area contributed by atoms with Crippen LogP contribution in [0.2, 0.25) is 0 Å². The molecule has 6 heteroatoms. The molecule has 0 saturated heterocycles. The third kappa shape index (κ3) is 3.52. The van der Waals surface area contributed by atoms with Gasteiger partial charge in [-0.15, -0.1) is 0 Å². The smallest absolute Gasteiger partial charge is 0.335 e. The summed E-state index contributed by atoms with van der Waals surface area (Å²) >= 11 is 0. The number of aromatic nitrogens is 2. The number of hydrogen-bond acceptors (Lipinski definition) is 5. The molecule has 0 unspecified atom stereocenters. The highest BCUT2D eigenvalue weighted by Crippen LogP contribution is 2.62. The van der Waals surface area contributed by atoms with Crippen LogP contribution in [0.3, 0.4) is 0 Å². The molecule has 1 heterocycles. The van der Waals surface area contributed by atoms with E-state index in [9.17, 15) is 4.79 Å². The minimum atomic E-state index is -0.959. The molecule has 4 saturated carbocycles. The van der Waals surface area contributed by atoms with Gasteiger partial charge in [0, 0.05) is 16.7 Å². The van der Waals surface area contributed by atoms with Crippen LogP contribution in [0.4, 0.5) is 0 Å². The van der Waals surface area contributed by atoms with Crippen LogP contribution in [0, 0.1) is 17.8 Å². The van der Waals surface area contributed by atoms with Crippen molar-refractivity contribution in [3.8, 4) is 28.6 Å². The average molecular weight is 445 g/mol. The van der Waals surface area contributed by atoms with Crippen LogP contribution < -0.4 is 4.74 Å². The molecule has 1 N–H and O–H groups in total. The SMILES string of the molecule is CCOc1ccc(-c2noc(-c3ccc(C(=O)O)cc3)n2)cc1C12CC3CC(CC(C3)C1)C2. The van der Waals surface area contributed by atoms with Crippen molar-refractivity contribution in [2.24, 2.45) is 17.8 Å². The van der Waals surface area contributed by atoms with Crippen molar-refractivity contribution in [3.05, 3.63) is 53.6 Å². The van der Waals surface area contributed by atoms with Crippen molar-refractivity contribution in [3.63, 3.8) is 0 Å². The predicted molar refractivity (Wildman–Crippen MR) is 123 cm³/mol. The lowest BCUT2D eigenvalue weighted by Crippen LogP contribution is -2.48. The maximum atomic E-state index is 11.1. The molecule has 2 aromatic carbocycles. The number of aromatic carboxylic acids is 1. The fourth-order valence-corrected chi connectivity index (χ4v) is 7.02. The van der Waals surface area contributed by atoms with E-state index in [4.69, 9.17) is 14.4 Å². The first kappa shape index (κ1) is 20.5. The molecular weight excluding hydrogens is 416 g/mol. The Hall–Kier alpha value is -3.15. The van der Waals surface area contributed by atoms with E-state index < -0.39 is 5.97 Å². The van der Waals surface area contributed by atoms with Gasteiger partial charge in [-0.3, -0.25) is 0 Å². The highest BCUT2D eigenvalue weighted by atomic mass is 16.5. The highest BCUT2D eigenvalue weighted by Gasteiger charge is 2.52. The Morgan fingerprint density at radius 2 is 1.67 bits per heavy atom. The van der Waals surface area contributed by atoms with Gasteiger partial charge in [-0.05, 0) is 111 Å². The average Bonchev–Trinajstić information content (AvgIpc) is 3.29. The van der Waals surface area contributed by atoms with Crippen LogP contribution >= 0.6 is 0 Å². The Kier molecular flexibility index (Phi) is 4.78. The first-order valence-corrected chi connectivity index (χ1v) is 12.0. The van der Waals surface area contributed by atoms with Gasteiger partial charge >= 0.3 is 5.97 Å². The molecule has 0 aliphatic heterocycles. The van der Waals surface area contributed by atoms with E-state index in [1.807, 2.05) is 13.0 Å². The molecule has 0 radical (unpaired) electrons. The van der Waals surface area contributed by atoms with Gasteiger partial charge in [-0.25, -0.2) is 4.79 Å². The van der Waals surface area contributed by atoms with E-state index in [1.54, 1.807) is 24.3 Å². The monoisotopic (exact) mass is 444 g/mol. The molecule has 0 spiro atoms. The minimum absolute atomic E-state index is 0.203. The van der Waals surface area contributed by atoms with E-state index in [0.29, 0.717) is 23.9 Å². The van der Waals surface area contributed by atoms with Gasteiger partial charge < -0.3 is 14.4 Å². The number of benzene rings is 2. The maximum absolute atomic E-state index is 11.1. The van der Waals surface area contributed by atoms with Crippen LogP contribution in [0.25, 0.3) is 22.8 Å². The minimum Gasteiger partial charge on any atom is -0.494 e. The Morgan fingerprint density at radius 1 is 1.03 bits per heavy atom. The molecule has 4 aliphatic rings. The highest BCUT2D eigenvalue weighted by molar-refractivity contribution is 5.88. The van der Waals surface area contributed by atoms with Crippen molar-refractivity contribution < 1.29 is 19.2 Å². The molecule has 0 amide bonds. The lowest BCUT2D eigenvalue weighted by molar-refractivity contribution is -0.00631. The van der Waals surface area contributed by atoms with Crippen LogP contribution in [0.5, 0.6) is 5.75 Å². The molecule has 3 aromatic rings. The summed E-state index contributed by atoms with van der Waals surface area (Å²) < 4.78 is 11.6. The summed E-state index contributed by atoms with van der Waals surface area (Å²) in [6.45, 7) is 2.69. The van der Waals surface area contributed by atoms with Crippen LogP contribution in [-0.2, 0) is 5.41 Å². The van der Waals surface area contributed by atoms with E-state index in [1.165, 1.54) is 44.1 Å². The summed E-state index contributed by atoms with van der Waals surface area (Å²) in [7, 11) is 0. The molecule has 170 valence electrons. The van der Waals surface area contributed by atoms with Gasteiger partial charge in [-0.2, -0.15) is 4.98 Å². The van der Waals surface area contributed by atoms with E-state index >= 15 is 0 Å². The van der Waals surface area contributed by atoms with Crippen molar-refractivity contribution in [1.82, 2.24) is 10.1 Å². The Morgan fingerprint density at radius 3 is 2.27 bits per heavy atom. The third-order valence-electron chi connectivity index (χ3n) is 7.95. The first-order valence-electron chi connectivity index (χ1n) is 12.0. The van der Waals surface area contributed by atoms with E-state index in [0.717, 1.165) is 29.1 Å². The number of carboxylic acids is 1. The second kappa shape index (κ2) is 7.72. The normalized spacial score (nSPS) is 27.6. The zero-order valence-corrected chi connectivity index (χ0v) is 18.8. The van der Waals surface area contributed by atoms with Crippen molar-refractivity contribution in [2.75, 3.05) is 6.61 Å². The number of carbonyl (C=O) groups is 1. The third-order valence-corrected chi connectivity index (χ3v) is 7.95. The molecule has 7 rings (SSSR count). The van der Waals surface area contributed by atoms with Crippen molar-refractivity contribution in [1.29, 1.82) is 0 Å². The fraction of sp³-hybridized carbons (Fsp3) is 0.444. The van der Waals surface area contributed by atoms with Crippen molar-refractivity contribution in [2.45, 2.75) is 50.9 Å². The molecular formula is C27H28N2O4. The molecule has 33 heavy (non-hydrogen) atoms. The zero-order valence-electron chi connectivity index (χ0n) is 18.8. The quantitative estimate of drug-likeness (QED) is 0.504. The fourth-order valence-electron chi connectivity index (χ4n) is 7.02. The van der Waals surface area contributed by atoms with Gasteiger partial charge in [0.05, 0.1) is 12.2 Å². The Labute approximate surface area is 193 Å². The van der Waals surface area contributed by atoms with E-state index in [-0.39, 0.29) is 11.0 Å². The molecule has 6 nitrogen and oxygen atoms in total. The van der Waals surface area contributed by atoms with Gasteiger partial charge in [-0.1, -0.05) is 5.16 Å². The number of carboxylic acid groups (broad SMARTS) is 1. The Balaban J connectivity index is 1.36. The van der Waals surface area contributed by atoms with Gasteiger partial charge in [0.2, 0.25) is 5.82 Å². The lowest BCUT2D eigenvalue weighted by atomic mass is 9.48. The predicted octanol–water partition coefficient (Wildman–Crippen LogP) is 5.97. The second-order valence-corrected chi connectivity index (χ2v) is 10.1. The van der Waals surface area contributed by atoms with Gasteiger partial charge in [0.15, 0.2) is 0 Å². The van der Waals surface area contributed by atoms with E-state index in [2.05, 4.69) is 22.3 Å².